The summed E-state index contributed by atoms with van der Waals surface area (Å²) in [7, 11) is 0. The number of aryl methyl sites for hydroxylation is 1. The first-order valence-electron chi connectivity index (χ1n) is 5.55. The third kappa shape index (κ3) is 3.08. The highest BCUT2D eigenvalue weighted by Crippen LogP contribution is 2.23. The quantitative estimate of drug-likeness (QED) is 0.883. The van der Waals surface area contributed by atoms with Gasteiger partial charge in [-0.1, -0.05) is 0 Å². The Morgan fingerprint density at radius 1 is 1.56 bits per heavy atom. The summed E-state index contributed by atoms with van der Waals surface area (Å²) in [6.07, 6.45) is 0.884. The Morgan fingerprint density at radius 2 is 2.33 bits per heavy atom. The molecule has 4 nitrogen and oxygen atoms in total. The molecule has 1 unspecified atom stereocenters. The van der Waals surface area contributed by atoms with E-state index in [0.29, 0.717) is 5.00 Å². The molecular formula is C12H14N2O2S2. The molecule has 0 spiro atoms. The summed E-state index contributed by atoms with van der Waals surface area (Å²) in [6.45, 7) is 4.12. The lowest BCUT2D eigenvalue weighted by molar-refractivity contribution is 0.0692. The zero-order chi connectivity index (χ0) is 13.1. The average molecular weight is 282 g/mol. The number of nitrogens with one attached hydrogen (secondary N) is 1. The average Bonchev–Trinajstić information content (AvgIpc) is 2.87. The molecule has 0 saturated heterocycles. The van der Waals surface area contributed by atoms with Crippen LogP contribution in [-0.2, 0) is 6.42 Å². The number of carbonyl (C=O) groups is 1. The molecule has 1 atom stereocenters. The molecule has 2 heterocycles. The summed E-state index contributed by atoms with van der Waals surface area (Å²) >= 11 is 3.09. The van der Waals surface area contributed by atoms with E-state index in [1.165, 1.54) is 21.1 Å². The Balaban J connectivity index is 2.00. The monoisotopic (exact) mass is 282 g/mol. The van der Waals surface area contributed by atoms with Crippen molar-refractivity contribution in [2.75, 3.05) is 5.32 Å². The standard InChI is InChI=1S/C12H14N2O2S2/c1-7(5-9-4-3-8(2)18-9)14-11-10(12(15)16)13-6-17-11/h3-4,6-7,14H,5H2,1-2H3,(H,15,16). The van der Waals surface area contributed by atoms with Crippen LogP contribution in [0.1, 0.15) is 27.2 Å². The van der Waals surface area contributed by atoms with Gasteiger partial charge in [-0.15, -0.1) is 22.7 Å². The van der Waals surface area contributed by atoms with E-state index in [0.717, 1.165) is 6.42 Å². The van der Waals surface area contributed by atoms with Gasteiger partial charge in [0.2, 0.25) is 0 Å². The normalized spacial score (nSPS) is 12.3. The van der Waals surface area contributed by atoms with Crippen LogP contribution < -0.4 is 5.32 Å². The van der Waals surface area contributed by atoms with E-state index in [2.05, 4.69) is 29.4 Å². The number of carboxylic acid groups (broad SMARTS) is 1. The second-order valence-electron chi connectivity index (χ2n) is 4.10. The van der Waals surface area contributed by atoms with Crippen molar-refractivity contribution >= 4 is 33.6 Å². The second-order valence-corrected chi connectivity index (χ2v) is 6.32. The number of carboxylic acids is 1. The van der Waals surface area contributed by atoms with E-state index < -0.39 is 5.97 Å². The van der Waals surface area contributed by atoms with Gasteiger partial charge in [0, 0.05) is 22.2 Å². The number of hydrogen-bond acceptors (Lipinski definition) is 5. The van der Waals surface area contributed by atoms with Crippen molar-refractivity contribution in [3.63, 3.8) is 0 Å². The molecule has 2 aromatic heterocycles. The van der Waals surface area contributed by atoms with E-state index in [9.17, 15) is 4.79 Å². The van der Waals surface area contributed by atoms with Crippen molar-refractivity contribution in [1.29, 1.82) is 0 Å². The Labute approximate surface area is 113 Å². The van der Waals surface area contributed by atoms with Crippen LogP contribution in [0.4, 0.5) is 5.00 Å². The topological polar surface area (TPSA) is 62.2 Å². The lowest BCUT2D eigenvalue weighted by Gasteiger charge is -2.12. The molecule has 0 aliphatic carbocycles. The zero-order valence-electron chi connectivity index (χ0n) is 10.1. The molecule has 0 amide bonds. The summed E-state index contributed by atoms with van der Waals surface area (Å²) in [5.74, 6) is -0.988. The van der Waals surface area contributed by atoms with Crippen LogP contribution in [0, 0.1) is 6.92 Å². The molecular weight excluding hydrogens is 268 g/mol. The summed E-state index contributed by atoms with van der Waals surface area (Å²) in [4.78, 5) is 17.4. The molecule has 0 fully saturated rings. The highest BCUT2D eigenvalue weighted by atomic mass is 32.1. The van der Waals surface area contributed by atoms with Gasteiger partial charge in [0.1, 0.15) is 5.00 Å². The van der Waals surface area contributed by atoms with Crippen LogP contribution in [0.3, 0.4) is 0 Å². The summed E-state index contributed by atoms with van der Waals surface area (Å²) in [5.41, 5.74) is 1.66. The van der Waals surface area contributed by atoms with Gasteiger partial charge >= 0.3 is 5.97 Å². The predicted octanol–water partition coefficient (Wildman–Crippen LogP) is 3.25. The Kier molecular flexibility index (Phi) is 3.98. The Bertz CT molecular complexity index is 548. The van der Waals surface area contributed by atoms with Gasteiger partial charge in [0.15, 0.2) is 5.69 Å². The summed E-state index contributed by atoms with van der Waals surface area (Å²) < 4.78 is 0. The number of aromatic nitrogens is 1. The second kappa shape index (κ2) is 5.49. The highest BCUT2D eigenvalue weighted by molar-refractivity contribution is 7.14. The van der Waals surface area contributed by atoms with Crippen molar-refractivity contribution in [2.24, 2.45) is 0 Å². The SMILES string of the molecule is Cc1ccc(CC(C)Nc2scnc2C(=O)O)s1. The summed E-state index contributed by atoms with van der Waals surface area (Å²) in [6, 6.07) is 4.40. The molecule has 0 saturated carbocycles. The van der Waals surface area contributed by atoms with Crippen LogP contribution in [0.25, 0.3) is 0 Å². The minimum atomic E-state index is -0.988. The van der Waals surface area contributed by atoms with Crippen LogP contribution in [-0.4, -0.2) is 22.1 Å². The molecule has 0 aliphatic rings. The molecule has 0 aliphatic heterocycles. The van der Waals surface area contributed by atoms with Gasteiger partial charge in [0.25, 0.3) is 0 Å². The molecule has 96 valence electrons. The van der Waals surface area contributed by atoms with E-state index in [1.54, 1.807) is 16.8 Å². The van der Waals surface area contributed by atoms with Crippen LogP contribution in [0.5, 0.6) is 0 Å². The maximum atomic E-state index is 10.9. The van der Waals surface area contributed by atoms with Crippen LogP contribution >= 0.6 is 22.7 Å². The highest BCUT2D eigenvalue weighted by Gasteiger charge is 2.15. The molecule has 2 rings (SSSR count). The van der Waals surface area contributed by atoms with Crippen molar-refractivity contribution in [3.8, 4) is 0 Å². The first-order chi connectivity index (χ1) is 8.56. The number of hydrogen-bond donors (Lipinski definition) is 2. The zero-order valence-corrected chi connectivity index (χ0v) is 11.8. The fourth-order valence-corrected chi connectivity index (χ4v) is 3.48. The van der Waals surface area contributed by atoms with Gasteiger partial charge in [0.05, 0.1) is 5.51 Å². The molecule has 0 bridgehead atoms. The van der Waals surface area contributed by atoms with Gasteiger partial charge in [-0.2, -0.15) is 0 Å². The molecule has 6 heteroatoms. The summed E-state index contributed by atoms with van der Waals surface area (Å²) in [5, 5.41) is 12.8. The third-order valence-electron chi connectivity index (χ3n) is 2.45. The molecule has 0 radical (unpaired) electrons. The van der Waals surface area contributed by atoms with Crippen molar-refractivity contribution in [2.45, 2.75) is 26.3 Å². The maximum Gasteiger partial charge on any atom is 0.357 e. The first kappa shape index (κ1) is 13.0. The predicted molar refractivity (Wildman–Crippen MR) is 74.9 cm³/mol. The van der Waals surface area contributed by atoms with Crippen molar-refractivity contribution in [1.82, 2.24) is 4.98 Å². The van der Waals surface area contributed by atoms with Gasteiger partial charge in [-0.3, -0.25) is 0 Å². The first-order valence-corrected chi connectivity index (χ1v) is 7.24. The minimum Gasteiger partial charge on any atom is -0.476 e. The fourth-order valence-electron chi connectivity index (χ4n) is 1.67. The van der Waals surface area contributed by atoms with Crippen LogP contribution in [0.15, 0.2) is 17.6 Å². The number of aromatic carboxylic acids is 1. The van der Waals surface area contributed by atoms with E-state index in [-0.39, 0.29) is 11.7 Å². The fraction of sp³-hybridized carbons (Fsp3) is 0.333. The number of rotatable bonds is 5. The van der Waals surface area contributed by atoms with E-state index in [4.69, 9.17) is 5.11 Å². The lowest BCUT2D eigenvalue weighted by Crippen LogP contribution is -2.18. The third-order valence-corrected chi connectivity index (χ3v) is 4.23. The number of thiophene rings is 1. The molecule has 2 N–H and O–H groups in total. The van der Waals surface area contributed by atoms with E-state index >= 15 is 0 Å². The Morgan fingerprint density at radius 3 is 2.94 bits per heavy atom. The molecule has 18 heavy (non-hydrogen) atoms. The van der Waals surface area contributed by atoms with Gasteiger partial charge < -0.3 is 10.4 Å². The number of anilines is 1. The van der Waals surface area contributed by atoms with Crippen molar-refractivity contribution in [3.05, 3.63) is 33.1 Å². The van der Waals surface area contributed by atoms with E-state index in [1.807, 2.05) is 6.92 Å². The van der Waals surface area contributed by atoms with Crippen LogP contribution in [0.2, 0.25) is 0 Å². The Hall–Kier alpha value is -1.40. The van der Waals surface area contributed by atoms with Gasteiger partial charge in [-0.05, 0) is 26.0 Å². The maximum absolute atomic E-state index is 10.9. The largest absolute Gasteiger partial charge is 0.476 e. The smallest absolute Gasteiger partial charge is 0.357 e. The molecule has 0 aromatic carbocycles. The van der Waals surface area contributed by atoms with Gasteiger partial charge in [-0.25, -0.2) is 9.78 Å². The van der Waals surface area contributed by atoms with Crippen molar-refractivity contribution < 1.29 is 9.90 Å². The minimum absolute atomic E-state index is 0.106. The number of nitrogens with zero attached hydrogens (tertiary/aromatic N) is 1. The lowest BCUT2D eigenvalue weighted by atomic mass is 10.2. The molecule has 2 aromatic rings. The number of thiazole rings is 1.